The van der Waals surface area contributed by atoms with Gasteiger partial charge >= 0.3 is 17.8 Å². The maximum Gasteiger partial charge on any atom is 0.394 e. The molecular weight excluding hydrogens is 362 g/mol. The fourth-order valence-corrected chi connectivity index (χ4v) is 2.97. The number of amides is 1. The number of carboxylic acid groups (broad SMARTS) is 2. The van der Waals surface area contributed by atoms with Crippen LogP contribution in [-0.2, 0) is 27.4 Å². The smallest absolute Gasteiger partial charge is 0.394 e. The molecule has 0 bridgehead atoms. The van der Waals surface area contributed by atoms with Gasteiger partial charge in [0, 0.05) is 6.42 Å². The molecule has 1 atom stereocenters. The number of carbonyl (C=O) groups is 3. The lowest BCUT2D eigenvalue weighted by Crippen LogP contribution is -2.45. The molecule has 0 heterocycles. The monoisotopic (exact) mass is 385 g/mol. The molecular formula is C21H23NO6. The van der Waals surface area contributed by atoms with Crippen molar-refractivity contribution in [3.63, 3.8) is 0 Å². The molecule has 1 amide bonds. The van der Waals surface area contributed by atoms with Gasteiger partial charge in [0.25, 0.3) is 0 Å². The van der Waals surface area contributed by atoms with Crippen LogP contribution in [0.4, 0.5) is 0 Å². The summed E-state index contributed by atoms with van der Waals surface area (Å²) in [7, 11) is 0. The molecule has 0 radical (unpaired) electrons. The molecule has 148 valence electrons. The second kappa shape index (κ2) is 9.03. The highest BCUT2D eigenvalue weighted by Gasteiger charge is 2.23. The van der Waals surface area contributed by atoms with Crippen LogP contribution >= 0.6 is 0 Å². The Bertz CT molecular complexity index is 865. The fraction of sp³-hybridized carbons (Fsp3) is 0.286. The third-order valence-electron chi connectivity index (χ3n) is 4.38. The molecule has 3 N–H and O–H groups in total. The Balaban J connectivity index is 2.02. The van der Waals surface area contributed by atoms with E-state index in [1.54, 1.807) is 24.3 Å². The summed E-state index contributed by atoms with van der Waals surface area (Å²) >= 11 is 0. The van der Waals surface area contributed by atoms with Crippen LogP contribution in [0.25, 0.3) is 0 Å². The number of hydrogen-bond donors (Lipinski definition) is 3. The van der Waals surface area contributed by atoms with E-state index < -0.39 is 23.9 Å². The van der Waals surface area contributed by atoms with Gasteiger partial charge in [0.15, 0.2) is 0 Å². The zero-order valence-electron chi connectivity index (χ0n) is 16.0. The molecule has 7 nitrogen and oxygen atoms in total. The predicted octanol–water partition coefficient (Wildman–Crippen LogP) is 2.39. The molecule has 28 heavy (non-hydrogen) atoms. The molecule has 2 aromatic rings. The summed E-state index contributed by atoms with van der Waals surface area (Å²) in [5, 5.41) is 19.7. The van der Waals surface area contributed by atoms with Crippen molar-refractivity contribution < 1.29 is 29.3 Å². The Morgan fingerprint density at radius 2 is 1.57 bits per heavy atom. The zero-order chi connectivity index (χ0) is 20.8. The van der Waals surface area contributed by atoms with Crippen LogP contribution in [0, 0.1) is 20.8 Å². The molecule has 0 saturated heterocycles. The predicted molar refractivity (Wildman–Crippen MR) is 102 cm³/mol. The molecule has 1 unspecified atom stereocenters. The van der Waals surface area contributed by atoms with Gasteiger partial charge in [-0.25, -0.2) is 9.59 Å². The number of rotatable bonds is 7. The third kappa shape index (κ3) is 5.57. The molecule has 7 heteroatoms. The van der Waals surface area contributed by atoms with Gasteiger partial charge in [-0.1, -0.05) is 29.8 Å². The van der Waals surface area contributed by atoms with E-state index in [1.807, 2.05) is 26.1 Å². The Morgan fingerprint density at radius 1 is 1.00 bits per heavy atom. The minimum absolute atomic E-state index is 0.0369. The SMILES string of the molecule is Cc1cc(C)c(COc2ccc(CC(NC(=O)C(=O)O)C(=O)O)cc2)c(C)c1. The maximum absolute atomic E-state index is 11.2. The summed E-state index contributed by atoms with van der Waals surface area (Å²) in [6.45, 7) is 6.55. The van der Waals surface area contributed by atoms with E-state index in [0.29, 0.717) is 17.9 Å². The lowest BCUT2D eigenvalue weighted by molar-refractivity contribution is -0.152. The molecule has 0 aliphatic carbocycles. The highest BCUT2D eigenvalue weighted by atomic mass is 16.5. The number of aryl methyl sites for hydroxylation is 3. The Morgan fingerprint density at radius 3 is 2.07 bits per heavy atom. The third-order valence-corrected chi connectivity index (χ3v) is 4.38. The zero-order valence-corrected chi connectivity index (χ0v) is 16.0. The highest BCUT2D eigenvalue weighted by molar-refractivity contribution is 6.31. The molecule has 0 fully saturated rings. The van der Waals surface area contributed by atoms with Crippen LogP contribution < -0.4 is 10.1 Å². The Kier molecular flexibility index (Phi) is 6.76. The second-order valence-electron chi connectivity index (χ2n) is 6.68. The minimum atomic E-state index is -1.73. The number of aliphatic carboxylic acids is 2. The van der Waals surface area contributed by atoms with E-state index in [4.69, 9.17) is 14.9 Å². The van der Waals surface area contributed by atoms with E-state index >= 15 is 0 Å². The fourth-order valence-electron chi connectivity index (χ4n) is 2.97. The largest absolute Gasteiger partial charge is 0.489 e. The molecule has 0 saturated carbocycles. The first kappa shape index (κ1) is 21.0. The van der Waals surface area contributed by atoms with Crippen LogP contribution in [0.15, 0.2) is 36.4 Å². The molecule has 0 spiro atoms. The number of nitrogens with one attached hydrogen (secondary N) is 1. The van der Waals surface area contributed by atoms with Gasteiger partial charge in [0.1, 0.15) is 18.4 Å². The minimum Gasteiger partial charge on any atom is -0.489 e. The summed E-state index contributed by atoms with van der Waals surface area (Å²) in [5.74, 6) is -3.75. The van der Waals surface area contributed by atoms with Crippen molar-refractivity contribution >= 4 is 17.8 Å². The quantitative estimate of drug-likeness (QED) is 0.631. The summed E-state index contributed by atoms with van der Waals surface area (Å²) in [4.78, 5) is 33.0. The Labute approximate surface area is 163 Å². The van der Waals surface area contributed by atoms with Crippen LogP contribution in [0.5, 0.6) is 5.75 Å². The van der Waals surface area contributed by atoms with Gasteiger partial charge in [0.05, 0.1) is 0 Å². The van der Waals surface area contributed by atoms with E-state index in [2.05, 4.69) is 12.1 Å². The van der Waals surface area contributed by atoms with Crippen molar-refractivity contribution in [3.8, 4) is 5.75 Å². The summed E-state index contributed by atoms with van der Waals surface area (Å²) in [5.41, 5.74) is 5.27. The maximum atomic E-state index is 11.2. The first-order valence-electron chi connectivity index (χ1n) is 8.72. The Hall–Kier alpha value is -3.35. The molecule has 0 aliphatic heterocycles. The van der Waals surface area contributed by atoms with Crippen molar-refractivity contribution in [1.29, 1.82) is 0 Å². The van der Waals surface area contributed by atoms with Gasteiger partial charge in [0.2, 0.25) is 0 Å². The van der Waals surface area contributed by atoms with E-state index in [9.17, 15) is 14.4 Å². The topological polar surface area (TPSA) is 113 Å². The van der Waals surface area contributed by atoms with E-state index in [-0.39, 0.29) is 6.42 Å². The molecule has 2 aromatic carbocycles. The highest BCUT2D eigenvalue weighted by Crippen LogP contribution is 2.20. The summed E-state index contributed by atoms with van der Waals surface area (Å²) in [6, 6.07) is 9.69. The number of ether oxygens (including phenoxy) is 1. The number of carboxylic acids is 2. The first-order valence-corrected chi connectivity index (χ1v) is 8.72. The van der Waals surface area contributed by atoms with Crippen LogP contribution in [0.2, 0.25) is 0 Å². The van der Waals surface area contributed by atoms with Crippen molar-refractivity contribution in [1.82, 2.24) is 5.32 Å². The van der Waals surface area contributed by atoms with Gasteiger partial charge in [-0.05, 0) is 55.2 Å². The first-order chi connectivity index (χ1) is 13.2. The normalized spacial score (nSPS) is 11.5. The van der Waals surface area contributed by atoms with Crippen molar-refractivity contribution in [2.45, 2.75) is 39.8 Å². The van der Waals surface area contributed by atoms with Gasteiger partial charge in [-0.15, -0.1) is 0 Å². The summed E-state index contributed by atoms with van der Waals surface area (Å²) < 4.78 is 5.83. The van der Waals surface area contributed by atoms with E-state index in [0.717, 1.165) is 16.7 Å². The van der Waals surface area contributed by atoms with Crippen LogP contribution in [0.1, 0.15) is 27.8 Å². The summed E-state index contributed by atoms with van der Waals surface area (Å²) in [6.07, 6.45) is -0.0369. The molecule has 2 rings (SSSR count). The molecule has 0 aromatic heterocycles. The van der Waals surface area contributed by atoms with Crippen molar-refractivity contribution in [2.75, 3.05) is 0 Å². The molecule has 0 aliphatic rings. The van der Waals surface area contributed by atoms with Crippen LogP contribution in [-0.4, -0.2) is 34.1 Å². The number of carbonyl (C=O) groups excluding carboxylic acids is 1. The van der Waals surface area contributed by atoms with Gasteiger partial charge in [-0.3, -0.25) is 4.79 Å². The van der Waals surface area contributed by atoms with Crippen molar-refractivity contribution in [3.05, 3.63) is 64.2 Å². The number of hydrogen-bond acceptors (Lipinski definition) is 4. The van der Waals surface area contributed by atoms with Crippen LogP contribution in [0.3, 0.4) is 0 Å². The van der Waals surface area contributed by atoms with Gasteiger partial charge < -0.3 is 20.3 Å². The van der Waals surface area contributed by atoms with Crippen molar-refractivity contribution in [2.24, 2.45) is 0 Å². The second-order valence-corrected chi connectivity index (χ2v) is 6.68. The average molecular weight is 385 g/mol. The van der Waals surface area contributed by atoms with Gasteiger partial charge in [-0.2, -0.15) is 0 Å². The van der Waals surface area contributed by atoms with E-state index in [1.165, 1.54) is 5.56 Å². The lowest BCUT2D eigenvalue weighted by atomic mass is 10.0. The standard InChI is InChI=1S/C21H23NO6/c1-12-8-13(2)17(14(3)9-12)11-28-16-6-4-15(5-7-16)10-18(20(24)25)22-19(23)21(26)27/h4-9,18H,10-11H2,1-3H3,(H,22,23)(H,24,25)(H,26,27). The average Bonchev–Trinajstić information content (AvgIpc) is 2.61. The lowest BCUT2D eigenvalue weighted by Gasteiger charge is -2.15. The number of benzene rings is 2.